The van der Waals surface area contributed by atoms with Crippen LogP contribution in [-0.2, 0) is 6.61 Å². The molecule has 2 rings (SSSR count). The number of para-hydroxylation sites is 1. The summed E-state index contributed by atoms with van der Waals surface area (Å²) in [6.45, 7) is -0.202. The molecule has 0 aromatic heterocycles. The van der Waals surface area contributed by atoms with E-state index >= 15 is 0 Å². The highest BCUT2D eigenvalue weighted by atomic mass is 79.9. The molecule has 0 saturated heterocycles. The number of alkyl halides is 3. The van der Waals surface area contributed by atoms with E-state index in [1.54, 1.807) is 24.3 Å². The molecule has 0 fully saturated rings. The van der Waals surface area contributed by atoms with Crippen molar-refractivity contribution in [3.8, 4) is 17.2 Å². The Morgan fingerprint density at radius 3 is 2.38 bits per heavy atom. The molecule has 0 saturated carbocycles. The molecule has 0 aliphatic rings. The van der Waals surface area contributed by atoms with Gasteiger partial charge in [0.05, 0.1) is 11.1 Å². The number of halogens is 4. The minimum atomic E-state index is -4.76. The molecule has 2 aromatic rings. The molecule has 0 amide bonds. The molecule has 21 heavy (non-hydrogen) atoms. The van der Waals surface area contributed by atoms with Crippen molar-refractivity contribution in [3.63, 3.8) is 0 Å². The third-order valence-corrected chi connectivity index (χ3v) is 3.12. The van der Waals surface area contributed by atoms with Crippen LogP contribution in [0, 0.1) is 0 Å². The van der Waals surface area contributed by atoms with E-state index in [4.69, 9.17) is 4.74 Å². The van der Waals surface area contributed by atoms with Gasteiger partial charge in [-0.3, -0.25) is 0 Å². The van der Waals surface area contributed by atoms with Crippen molar-refractivity contribution < 1.29 is 27.8 Å². The highest BCUT2D eigenvalue weighted by molar-refractivity contribution is 9.10. The van der Waals surface area contributed by atoms with E-state index in [1.807, 2.05) is 0 Å². The Labute approximate surface area is 127 Å². The predicted octanol–water partition coefficient (Wildman–Crippen LogP) is 4.63. The number of hydrogen-bond acceptors (Lipinski definition) is 3. The van der Waals surface area contributed by atoms with Gasteiger partial charge >= 0.3 is 6.36 Å². The topological polar surface area (TPSA) is 38.7 Å². The number of rotatable bonds is 4. The van der Waals surface area contributed by atoms with Gasteiger partial charge < -0.3 is 14.6 Å². The normalized spacial score (nSPS) is 11.3. The van der Waals surface area contributed by atoms with Crippen LogP contribution in [-0.4, -0.2) is 11.5 Å². The Morgan fingerprint density at radius 1 is 1.05 bits per heavy atom. The molecule has 0 unspecified atom stereocenters. The van der Waals surface area contributed by atoms with Crippen LogP contribution in [0.3, 0.4) is 0 Å². The molecule has 3 nitrogen and oxygen atoms in total. The molecular weight excluding hydrogens is 353 g/mol. The summed E-state index contributed by atoms with van der Waals surface area (Å²) < 4.78 is 46.0. The van der Waals surface area contributed by atoms with Crippen molar-refractivity contribution in [2.24, 2.45) is 0 Å². The van der Waals surface area contributed by atoms with Gasteiger partial charge in [-0.1, -0.05) is 18.2 Å². The van der Waals surface area contributed by atoms with Crippen LogP contribution < -0.4 is 9.47 Å². The van der Waals surface area contributed by atoms with E-state index < -0.39 is 6.36 Å². The van der Waals surface area contributed by atoms with Crippen LogP contribution >= 0.6 is 15.9 Å². The molecular formula is C14H10BrF3O3. The Balaban J connectivity index is 2.21. The van der Waals surface area contributed by atoms with Crippen molar-refractivity contribution in [2.45, 2.75) is 13.0 Å². The summed E-state index contributed by atoms with van der Waals surface area (Å²) >= 11 is 2.99. The Kier molecular flexibility index (Phi) is 4.74. The van der Waals surface area contributed by atoms with E-state index in [1.165, 1.54) is 12.1 Å². The molecule has 0 atom stereocenters. The van der Waals surface area contributed by atoms with Crippen LogP contribution in [0.5, 0.6) is 17.2 Å². The van der Waals surface area contributed by atoms with Crippen molar-refractivity contribution in [2.75, 3.05) is 0 Å². The second kappa shape index (κ2) is 6.36. The third kappa shape index (κ3) is 4.37. The van der Waals surface area contributed by atoms with Crippen LogP contribution in [0.1, 0.15) is 5.56 Å². The Bertz CT molecular complexity index is 629. The van der Waals surface area contributed by atoms with E-state index in [2.05, 4.69) is 20.7 Å². The average molecular weight is 363 g/mol. The monoisotopic (exact) mass is 362 g/mol. The average Bonchev–Trinajstić information content (AvgIpc) is 2.41. The molecule has 0 radical (unpaired) electrons. The Morgan fingerprint density at radius 2 is 1.76 bits per heavy atom. The van der Waals surface area contributed by atoms with Gasteiger partial charge in [0.25, 0.3) is 0 Å². The van der Waals surface area contributed by atoms with E-state index in [0.717, 1.165) is 6.07 Å². The second-order valence-electron chi connectivity index (χ2n) is 4.01. The number of benzene rings is 2. The summed E-state index contributed by atoms with van der Waals surface area (Å²) in [5, 5.41) is 9.19. The first kappa shape index (κ1) is 15.7. The maximum absolute atomic E-state index is 12.2. The minimum Gasteiger partial charge on any atom is -0.457 e. The molecule has 1 N–H and O–H groups in total. The smallest absolute Gasteiger partial charge is 0.457 e. The maximum atomic E-state index is 12.2. The highest BCUT2D eigenvalue weighted by Gasteiger charge is 2.32. The van der Waals surface area contributed by atoms with Gasteiger partial charge in [0.15, 0.2) is 0 Å². The minimum absolute atomic E-state index is 0.110. The van der Waals surface area contributed by atoms with Crippen LogP contribution in [0.4, 0.5) is 13.2 Å². The van der Waals surface area contributed by atoms with Gasteiger partial charge in [-0.25, -0.2) is 0 Å². The summed E-state index contributed by atoms with van der Waals surface area (Å²) in [6, 6.07) is 10.7. The quantitative estimate of drug-likeness (QED) is 0.861. The first-order chi connectivity index (χ1) is 9.89. The summed E-state index contributed by atoms with van der Waals surface area (Å²) in [5.74, 6) is 0.388. The molecule has 0 aliphatic carbocycles. The van der Waals surface area contributed by atoms with E-state index in [0.29, 0.717) is 17.1 Å². The van der Waals surface area contributed by atoms with Crippen molar-refractivity contribution in [3.05, 3.63) is 52.5 Å². The van der Waals surface area contributed by atoms with E-state index in [9.17, 15) is 18.3 Å². The molecule has 0 spiro atoms. The zero-order chi connectivity index (χ0) is 15.5. The first-order valence-corrected chi connectivity index (χ1v) is 6.60. The fourth-order valence-electron chi connectivity index (χ4n) is 1.61. The van der Waals surface area contributed by atoms with Crippen LogP contribution in [0.15, 0.2) is 46.9 Å². The number of hydrogen-bond donors (Lipinski definition) is 1. The molecule has 0 heterocycles. The molecule has 2 aromatic carbocycles. The second-order valence-corrected chi connectivity index (χ2v) is 4.86. The van der Waals surface area contributed by atoms with Gasteiger partial charge in [0, 0.05) is 5.56 Å². The zero-order valence-corrected chi connectivity index (χ0v) is 12.1. The fourth-order valence-corrected chi connectivity index (χ4v) is 2.05. The summed E-state index contributed by atoms with van der Waals surface area (Å²) in [4.78, 5) is 0. The molecule has 7 heteroatoms. The summed E-state index contributed by atoms with van der Waals surface area (Å²) in [5.41, 5.74) is 0.573. The summed E-state index contributed by atoms with van der Waals surface area (Å²) in [7, 11) is 0. The van der Waals surface area contributed by atoms with Crippen LogP contribution in [0.2, 0.25) is 0 Å². The third-order valence-electron chi connectivity index (χ3n) is 2.50. The first-order valence-electron chi connectivity index (χ1n) is 5.81. The van der Waals surface area contributed by atoms with Gasteiger partial charge in [-0.15, -0.1) is 13.2 Å². The van der Waals surface area contributed by atoms with Crippen LogP contribution in [0.25, 0.3) is 0 Å². The van der Waals surface area contributed by atoms with Crippen molar-refractivity contribution in [1.82, 2.24) is 0 Å². The van der Waals surface area contributed by atoms with Gasteiger partial charge in [-0.05, 0) is 40.2 Å². The van der Waals surface area contributed by atoms with E-state index in [-0.39, 0.29) is 16.8 Å². The molecule has 0 bridgehead atoms. The SMILES string of the molecule is OCc1ccccc1Oc1ccc(OC(F)(F)F)c(Br)c1. The van der Waals surface area contributed by atoms with Crippen molar-refractivity contribution in [1.29, 1.82) is 0 Å². The number of aliphatic hydroxyl groups excluding tert-OH is 1. The lowest BCUT2D eigenvalue weighted by Crippen LogP contribution is -2.17. The largest absolute Gasteiger partial charge is 0.573 e. The number of aliphatic hydroxyl groups is 1. The van der Waals surface area contributed by atoms with Gasteiger partial charge in [0.2, 0.25) is 0 Å². The zero-order valence-electron chi connectivity index (χ0n) is 10.5. The van der Waals surface area contributed by atoms with Crippen molar-refractivity contribution >= 4 is 15.9 Å². The molecule has 112 valence electrons. The lowest BCUT2D eigenvalue weighted by Gasteiger charge is -2.13. The summed E-state index contributed by atoms with van der Waals surface area (Å²) in [6.07, 6.45) is -4.76. The standard InChI is InChI=1S/C14H10BrF3O3/c15-11-7-10(5-6-13(11)21-14(16,17)18)20-12-4-2-1-3-9(12)8-19/h1-7,19H,8H2. The van der Waals surface area contributed by atoms with Gasteiger partial charge in [-0.2, -0.15) is 0 Å². The predicted molar refractivity (Wildman–Crippen MR) is 73.3 cm³/mol. The lowest BCUT2D eigenvalue weighted by molar-refractivity contribution is -0.274. The fraction of sp³-hybridized carbons (Fsp3) is 0.143. The maximum Gasteiger partial charge on any atom is 0.573 e. The number of ether oxygens (including phenoxy) is 2. The Hall–Kier alpha value is -1.73. The lowest BCUT2D eigenvalue weighted by atomic mass is 10.2. The highest BCUT2D eigenvalue weighted by Crippen LogP contribution is 2.35. The van der Waals surface area contributed by atoms with Gasteiger partial charge in [0.1, 0.15) is 17.2 Å². The molecule has 0 aliphatic heterocycles.